The second kappa shape index (κ2) is 10.7. The lowest BCUT2D eigenvalue weighted by molar-refractivity contribution is -0.192. The molecule has 34 heavy (non-hydrogen) atoms. The van der Waals surface area contributed by atoms with E-state index in [9.17, 15) is 22.8 Å². The number of thiophene rings is 1. The van der Waals surface area contributed by atoms with Crippen molar-refractivity contribution < 1.29 is 32.7 Å². The van der Waals surface area contributed by atoms with E-state index in [-0.39, 0.29) is 6.54 Å². The maximum absolute atomic E-state index is 12.6. The zero-order valence-electron chi connectivity index (χ0n) is 17.8. The number of rotatable bonds is 3. The molecule has 0 spiro atoms. The topological polar surface area (TPSA) is 113 Å². The Morgan fingerprint density at radius 3 is 2.44 bits per heavy atom. The number of fused-ring (bicyclic) bond motifs is 2. The third-order valence-corrected chi connectivity index (χ3v) is 6.27. The van der Waals surface area contributed by atoms with Gasteiger partial charge in [-0.25, -0.2) is 4.79 Å². The fourth-order valence-corrected chi connectivity index (χ4v) is 4.38. The van der Waals surface area contributed by atoms with Gasteiger partial charge in [-0.15, -0.1) is 11.3 Å². The van der Waals surface area contributed by atoms with Crippen LogP contribution in [0.4, 0.5) is 13.2 Å². The molecule has 0 saturated heterocycles. The summed E-state index contributed by atoms with van der Waals surface area (Å²) in [5.74, 6) is -3.85. The van der Waals surface area contributed by atoms with Gasteiger partial charge in [0, 0.05) is 24.5 Å². The highest BCUT2D eigenvalue weighted by Crippen LogP contribution is 2.24. The fourth-order valence-electron chi connectivity index (χ4n) is 3.49. The molecule has 180 valence electrons. The number of nitrogens with zero attached hydrogens (tertiary/aromatic N) is 1. The van der Waals surface area contributed by atoms with Gasteiger partial charge in [-0.3, -0.25) is 9.59 Å². The van der Waals surface area contributed by atoms with E-state index < -0.39 is 30.0 Å². The lowest BCUT2D eigenvalue weighted by Gasteiger charge is -2.27. The Morgan fingerprint density at radius 2 is 1.79 bits per heavy atom. The summed E-state index contributed by atoms with van der Waals surface area (Å²) in [4.78, 5) is 37.0. The number of halogens is 3. The van der Waals surface area contributed by atoms with Crippen molar-refractivity contribution in [2.24, 2.45) is 5.73 Å². The third kappa shape index (κ3) is 6.12. The van der Waals surface area contributed by atoms with E-state index in [4.69, 9.17) is 15.6 Å². The Morgan fingerprint density at radius 1 is 1.12 bits per heavy atom. The second-order valence-electron chi connectivity index (χ2n) is 7.52. The highest BCUT2D eigenvalue weighted by atomic mass is 32.1. The molecule has 11 heteroatoms. The van der Waals surface area contributed by atoms with Crippen LogP contribution in [0.1, 0.15) is 22.0 Å². The number of carbonyl (C=O) groups excluding carboxylic acids is 2. The molecule has 1 aliphatic heterocycles. The van der Waals surface area contributed by atoms with E-state index in [0.717, 1.165) is 28.3 Å². The number of alkyl halides is 3. The summed E-state index contributed by atoms with van der Waals surface area (Å²) in [6.45, 7) is 1.30. The van der Waals surface area contributed by atoms with Gasteiger partial charge in [0.15, 0.2) is 0 Å². The van der Waals surface area contributed by atoms with Crippen molar-refractivity contribution in [2.45, 2.75) is 25.2 Å². The van der Waals surface area contributed by atoms with Crippen molar-refractivity contribution in [1.82, 2.24) is 10.2 Å². The average Bonchev–Trinajstić information content (AvgIpc) is 3.29. The van der Waals surface area contributed by atoms with Gasteiger partial charge in [0.2, 0.25) is 0 Å². The van der Waals surface area contributed by atoms with Gasteiger partial charge in [0.25, 0.3) is 0 Å². The largest absolute Gasteiger partial charge is 0.490 e. The van der Waals surface area contributed by atoms with Crippen molar-refractivity contribution >= 4 is 39.9 Å². The predicted molar refractivity (Wildman–Crippen MR) is 121 cm³/mol. The molecule has 1 aliphatic rings. The van der Waals surface area contributed by atoms with Crippen LogP contribution in [0, 0.1) is 0 Å². The summed E-state index contributed by atoms with van der Waals surface area (Å²) in [5.41, 5.74) is 7.92. The van der Waals surface area contributed by atoms with Gasteiger partial charge in [-0.05, 0) is 45.8 Å². The summed E-state index contributed by atoms with van der Waals surface area (Å²) in [6, 6.07) is 15.6. The fraction of sp³-hybridized carbons (Fsp3) is 0.261. The summed E-state index contributed by atoms with van der Waals surface area (Å²) in [5, 5.41) is 14.2. The van der Waals surface area contributed by atoms with Crippen LogP contribution in [-0.2, 0) is 27.3 Å². The predicted octanol–water partition coefficient (Wildman–Crippen LogP) is 3.24. The van der Waals surface area contributed by atoms with Crippen LogP contribution in [0.3, 0.4) is 0 Å². The Hall–Kier alpha value is -3.44. The van der Waals surface area contributed by atoms with Gasteiger partial charge in [0.05, 0.1) is 6.04 Å². The van der Waals surface area contributed by atoms with E-state index in [1.165, 1.54) is 4.88 Å². The maximum Gasteiger partial charge on any atom is 0.490 e. The average molecular weight is 494 g/mol. The van der Waals surface area contributed by atoms with Crippen LogP contribution in [0.2, 0.25) is 0 Å². The minimum atomic E-state index is -5.08. The van der Waals surface area contributed by atoms with Gasteiger partial charge in [0.1, 0.15) is 0 Å². The van der Waals surface area contributed by atoms with E-state index in [2.05, 4.69) is 5.32 Å². The number of hydrogen-bond donors (Lipinski definition) is 3. The number of hydrogen-bond acceptors (Lipinski definition) is 5. The van der Waals surface area contributed by atoms with Gasteiger partial charge < -0.3 is 21.1 Å². The van der Waals surface area contributed by atoms with Crippen LogP contribution in [-0.4, -0.2) is 47.1 Å². The standard InChI is InChI=1S/C21H21N3O2S.C2HF3O2/c22-12-18(16-6-5-14-3-1-2-4-15(14)11-16)23-20(25)21(26)24-9-7-19-17(13-24)8-10-27-19;3-2(4,5)1(6)7/h1-6,8,10-11,18H,7,9,12-13,22H2,(H,23,25);(H,6,7). The molecule has 3 aromatic rings. The number of carboxylic acids is 1. The normalized spacial score (nSPS) is 13.9. The highest BCUT2D eigenvalue weighted by molar-refractivity contribution is 7.10. The number of nitrogens with one attached hydrogen (secondary N) is 1. The second-order valence-corrected chi connectivity index (χ2v) is 8.52. The van der Waals surface area contributed by atoms with E-state index in [1.54, 1.807) is 16.2 Å². The molecule has 2 heterocycles. The highest BCUT2D eigenvalue weighted by Gasteiger charge is 2.38. The molecule has 1 unspecified atom stereocenters. The Labute approximate surface area is 197 Å². The summed E-state index contributed by atoms with van der Waals surface area (Å²) in [6.07, 6.45) is -4.28. The monoisotopic (exact) mass is 493 g/mol. The van der Waals surface area contributed by atoms with E-state index in [1.807, 2.05) is 53.9 Å². The molecule has 0 saturated carbocycles. The third-order valence-electron chi connectivity index (χ3n) is 5.25. The maximum atomic E-state index is 12.6. The van der Waals surface area contributed by atoms with Crippen molar-refractivity contribution in [1.29, 1.82) is 0 Å². The van der Waals surface area contributed by atoms with Crippen LogP contribution in [0.5, 0.6) is 0 Å². The van der Waals surface area contributed by atoms with Gasteiger partial charge in [-0.1, -0.05) is 36.4 Å². The lowest BCUT2D eigenvalue weighted by atomic mass is 10.0. The molecule has 4 N–H and O–H groups in total. The van der Waals surface area contributed by atoms with E-state index >= 15 is 0 Å². The number of benzene rings is 2. The first-order valence-corrected chi connectivity index (χ1v) is 11.1. The molecule has 0 aliphatic carbocycles. The molecule has 4 rings (SSSR count). The minimum Gasteiger partial charge on any atom is -0.475 e. The quantitative estimate of drug-likeness (QED) is 0.485. The number of carbonyl (C=O) groups is 3. The first-order valence-electron chi connectivity index (χ1n) is 10.2. The summed E-state index contributed by atoms with van der Waals surface area (Å²) >= 11 is 1.70. The summed E-state index contributed by atoms with van der Waals surface area (Å²) in [7, 11) is 0. The van der Waals surface area contributed by atoms with Gasteiger partial charge in [-0.2, -0.15) is 13.2 Å². The molecule has 1 atom stereocenters. The van der Waals surface area contributed by atoms with Crippen molar-refractivity contribution in [3.05, 3.63) is 69.9 Å². The molecule has 1 aromatic heterocycles. The smallest absolute Gasteiger partial charge is 0.475 e. The van der Waals surface area contributed by atoms with Crippen molar-refractivity contribution in [3.63, 3.8) is 0 Å². The first-order chi connectivity index (χ1) is 16.1. The molecule has 2 amide bonds. The molecule has 0 fully saturated rings. The van der Waals surface area contributed by atoms with E-state index in [0.29, 0.717) is 13.1 Å². The molecular weight excluding hydrogens is 471 g/mol. The molecule has 0 radical (unpaired) electrons. The van der Waals surface area contributed by atoms with Crippen LogP contribution < -0.4 is 11.1 Å². The zero-order valence-corrected chi connectivity index (χ0v) is 18.7. The number of nitrogens with two attached hydrogens (primary N) is 1. The molecular formula is C23H22F3N3O4S. The molecule has 2 aromatic carbocycles. The summed E-state index contributed by atoms with van der Waals surface area (Å²) < 4.78 is 31.7. The van der Waals surface area contributed by atoms with Crippen LogP contribution >= 0.6 is 11.3 Å². The van der Waals surface area contributed by atoms with Crippen molar-refractivity contribution in [3.8, 4) is 0 Å². The minimum absolute atomic E-state index is 0.228. The molecule has 0 bridgehead atoms. The van der Waals surface area contributed by atoms with Gasteiger partial charge >= 0.3 is 24.0 Å². The Balaban J connectivity index is 0.000000406. The Bertz CT molecular complexity index is 1200. The Kier molecular flexibility index (Phi) is 7.90. The van der Waals surface area contributed by atoms with Crippen LogP contribution in [0.15, 0.2) is 53.9 Å². The van der Waals surface area contributed by atoms with Crippen LogP contribution in [0.25, 0.3) is 10.8 Å². The first kappa shape index (κ1) is 25.2. The number of aliphatic carboxylic acids is 1. The number of amides is 2. The number of carboxylic acid groups (broad SMARTS) is 1. The van der Waals surface area contributed by atoms with Crippen molar-refractivity contribution in [2.75, 3.05) is 13.1 Å². The zero-order chi connectivity index (χ0) is 24.9. The molecule has 7 nitrogen and oxygen atoms in total. The SMILES string of the molecule is NCC(NC(=O)C(=O)N1CCc2sccc2C1)c1ccc2ccccc2c1.O=C(O)C(F)(F)F. The lowest BCUT2D eigenvalue weighted by Crippen LogP contribution is -2.46.